The molecule has 0 amide bonds. The van der Waals surface area contributed by atoms with E-state index in [4.69, 9.17) is 4.42 Å². The Morgan fingerprint density at radius 2 is 1.62 bits per heavy atom. The SMILES string of the molecule is Cc1ccccc1CCC1=CC=C(c2ccccc2)C1Cc1ccco1. The molecule has 0 saturated heterocycles. The van der Waals surface area contributed by atoms with Gasteiger partial charge in [0.15, 0.2) is 0 Å². The fraction of sp³-hybridized carbons (Fsp3) is 0.200. The second-order valence-electron chi connectivity index (χ2n) is 6.99. The Hall–Kier alpha value is -2.80. The summed E-state index contributed by atoms with van der Waals surface area (Å²) < 4.78 is 5.66. The van der Waals surface area contributed by atoms with E-state index >= 15 is 0 Å². The first kappa shape index (κ1) is 16.7. The minimum atomic E-state index is 0.396. The van der Waals surface area contributed by atoms with E-state index in [0.717, 1.165) is 25.0 Å². The quantitative estimate of drug-likeness (QED) is 0.506. The smallest absolute Gasteiger partial charge is 0.104 e. The van der Waals surface area contributed by atoms with Gasteiger partial charge in [0.25, 0.3) is 0 Å². The molecule has 0 bridgehead atoms. The van der Waals surface area contributed by atoms with Crippen LogP contribution in [0.1, 0.15) is 28.9 Å². The highest BCUT2D eigenvalue weighted by molar-refractivity contribution is 5.75. The molecule has 0 spiro atoms. The standard InChI is InChI=1S/C25H24O/c1-19-8-5-6-9-20(19)13-14-22-15-16-24(21-10-3-2-4-11-21)25(22)18-23-12-7-17-26-23/h2-12,15-17,25H,13-14,18H2,1H3. The van der Waals surface area contributed by atoms with Crippen LogP contribution in [-0.4, -0.2) is 0 Å². The van der Waals surface area contributed by atoms with Gasteiger partial charge in [-0.05, 0) is 54.2 Å². The average molecular weight is 340 g/mol. The van der Waals surface area contributed by atoms with Gasteiger partial charge in [0, 0.05) is 12.3 Å². The minimum absolute atomic E-state index is 0.396. The molecule has 2 aromatic carbocycles. The monoisotopic (exact) mass is 340 g/mol. The van der Waals surface area contributed by atoms with Gasteiger partial charge in [-0.3, -0.25) is 0 Å². The van der Waals surface area contributed by atoms with Crippen molar-refractivity contribution < 1.29 is 4.42 Å². The predicted octanol–water partition coefficient (Wildman–Crippen LogP) is 6.40. The lowest BCUT2D eigenvalue weighted by Crippen LogP contribution is -2.08. The van der Waals surface area contributed by atoms with Crippen molar-refractivity contribution in [2.24, 2.45) is 5.92 Å². The van der Waals surface area contributed by atoms with Gasteiger partial charge in [-0.2, -0.15) is 0 Å². The highest BCUT2D eigenvalue weighted by atomic mass is 16.3. The molecule has 0 fully saturated rings. The Balaban J connectivity index is 1.55. The zero-order valence-corrected chi connectivity index (χ0v) is 15.2. The van der Waals surface area contributed by atoms with Crippen molar-refractivity contribution in [3.63, 3.8) is 0 Å². The lowest BCUT2D eigenvalue weighted by atomic mass is 9.85. The summed E-state index contributed by atoms with van der Waals surface area (Å²) in [4.78, 5) is 0. The first-order valence-electron chi connectivity index (χ1n) is 9.34. The molecule has 1 atom stereocenters. The Morgan fingerprint density at radius 1 is 0.808 bits per heavy atom. The second-order valence-corrected chi connectivity index (χ2v) is 6.99. The van der Waals surface area contributed by atoms with Gasteiger partial charge in [0.05, 0.1) is 6.26 Å². The summed E-state index contributed by atoms with van der Waals surface area (Å²) in [6.07, 6.45) is 9.50. The van der Waals surface area contributed by atoms with Crippen LogP contribution in [0.5, 0.6) is 0 Å². The van der Waals surface area contributed by atoms with E-state index in [2.05, 4.69) is 79.7 Å². The number of hydrogen-bond acceptors (Lipinski definition) is 1. The third-order valence-electron chi connectivity index (χ3n) is 5.34. The molecule has 4 rings (SSSR count). The van der Waals surface area contributed by atoms with Gasteiger partial charge in [0.2, 0.25) is 0 Å². The number of benzene rings is 2. The lowest BCUT2D eigenvalue weighted by molar-refractivity contribution is 0.492. The lowest BCUT2D eigenvalue weighted by Gasteiger charge is -2.19. The third-order valence-corrected chi connectivity index (χ3v) is 5.34. The molecule has 1 heterocycles. The van der Waals surface area contributed by atoms with Crippen molar-refractivity contribution in [3.05, 3.63) is 113 Å². The van der Waals surface area contributed by atoms with E-state index in [1.807, 2.05) is 6.07 Å². The number of aryl methyl sites for hydroxylation is 2. The first-order valence-corrected chi connectivity index (χ1v) is 9.34. The van der Waals surface area contributed by atoms with Crippen LogP contribution in [-0.2, 0) is 12.8 Å². The van der Waals surface area contributed by atoms with Gasteiger partial charge in [-0.15, -0.1) is 0 Å². The van der Waals surface area contributed by atoms with Crippen LogP contribution in [0.25, 0.3) is 5.57 Å². The van der Waals surface area contributed by atoms with Crippen molar-refractivity contribution >= 4 is 5.57 Å². The Labute approximate surface area is 155 Å². The van der Waals surface area contributed by atoms with E-state index in [0.29, 0.717) is 5.92 Å². The summed E-state index contributed by atoms with van der Waals surface area (Å²) >= 11 is 0. The van der Waals surface area contributed by atoms with Crippen molar-refractivity contribution in [2.45, 2.75) is 26.2 Å². The van der Waals surface area contributed by atoms with E-state index in [-0.39, 0.29) is 0 Å². The summed E-state index contributed by atoms with van der Waals surface area (Å²) in [5.74, 6) is 1.45. The van der Waals surface area contributed by atoms with Gasteiger partial charge >= 0.3 is 0 Å². The normalized spacial score (nSPS) is 16.4. The molecule has 26 heavy (non-hydrogen) atoms. The van der Waals surface area contributed by atoms with Gasteiger partial charge in [-0.1, -0.05) is 72.3 Å². The zero-order valence-electron chi connectivity index (χ0n) is 15.2. The number of hydrogen-bond donors (Lipinski definition) is 0. The van der Waals surface area contributed by atoms with E-state index in [1.165, 1.54) is 27.8 Å². The van der Waals surface area contributed by atoms with Crippen molar-refractivity contribution in [2.75, 3.05) is 0 Å². The second kappa shape index (κ2) is 7.61. The van der Waals surface area contributed by atoms with Crippen LogP contribution in [0.15, 0.2) is 95.1 Å². The summed E-state index contributed by atoms with van der Waals surface area (Å²) in [6, 6.07) is 23.5. The highest BCUT2D eigenvalue weighted by Crippen LogP contribution is 2.39. The van der Waals surface area contributed by atoms with Crippen LogP contribution in [0, 0.1) is 12.8 Å². The van der Waals surface area contributed by atoms with Crippen LogP contribution in [0.4, 0.5) is 0 Å². The molecular weight excluding hydrogens is 316 g/mol. The molecule has 1 aromatic heterocycles. The summed E-state index contributed by atoms with van der Waals surface area (Å²) in [6.45, 7) is 2.20. The molecule has 1 aliphatic carbocycles. The van der Waals surface area contributed by atoms with Crippen molar-refractivity contribution in [3.8, 4) is 0 Å². The largest absolute Gasteiger partial charge is 0.469 e. The molecule has 130 valence electrons. The van der Waals surface area contributed by atoms with Crippen molar-refractivity contribution in [1.82, 2.24) is 0 Å². The third kappa shape index (κ3) is 3.57. The van der Waals surface area contributed by atoms with E-state index in [1.54, 1.807) is 6.26 Å². The summed E-state index contributed by atoms with van der Waals surface area (Å²) in [5.41, 5.74) is 7.04. The molecule has 1 aliphatic rings. The van der Waals surface area contributed by atoms with E-state index < -0.39 is 0 Å². The molecule has 1 unspecified atom stereocenters. The van der Waals surface area contributed by atoms with E-state index in [9.17, 15) is 0 Å². The van der Waals surface area contributed by atoms with Gasteiger partial charge in [0.1, 0.15) is 5.76 Å². The van der Waals surface area contributed by atoms with Crippen LogP contribution >= 0.6 is 0 Å². The van der Waals surface area contributed by atoms with Crippen LogP contribution in [0.2, 0.25) is 0 Å². The number of rotatable bonds is 6. The molecule has 0 aliphatic heterocycles. The minimum Gasteiger partial charge on any atom is -0.469 e. The fourth-order valence-corrected chi connectivity index (χ4v) is 3.85. The molecule has 0 radical (unpaired) electrons. The Bertz CT molecular complexity index is 914. The molecule has 1 heteroatoms. The highest BCUT2D eigenvalue weighted by Gasteiger charge is 2.25. The van der Waals surface area contributed by atoms with Crippen molar-refractivity contribution in [1.29, 1.82) is 0 Å². The van der Waals surface area contributed by atoms with Crippen LogP contribution < -0.4 is 0 Å². The maximum absolute atomic E-state index is 5.66. The summed E-state index contributed by atoms with van der Waals surface area (Å²) in [7, 11) is 0. The molecule has 1 nitrogen and oxygen atoms in total. The number of allylic oxidation sites excluding steroid dienone is 4. The van der Waals surface area contributed by atoms with Crippen LogP contribution in [0.3, 0.4) is 0 Å². The maximum Gasteiger partial charge on any atom is 0.104 e. The Morgan fingerprint density at radius 3 is 2.38 bits per heavy atom. The Kier molecular flexibility index (Phi) is 4.88. The molecular formula is C25H24O. The first-order chi connectivity index (χ1) is 12.8. The zero-order chi connectivity index (χ0) is 17.8. The average Bonchev–Trinajstić information content (AvgIpc) is 3.32. The molecule has 0 saturated carbocycles. The topological polar surface area (TPSA) is 13.1 Å². The number of furan rings is 1. The van der Waals surface area contributed by atoms with Gasteiger partial charge < -0.3 is 4.42 Å². The molecule has 3 aromatic rings. The van der Waals surface area contributed by atoms with Gasteiger partial charge in [-0.25, -0.2) is 0 Å². The predicted molar refractivity (Wildman–Crippen MR) is 108 cm³/mol. The summed E-state index contributed by atoms with van der Waals surface area (Å²) in [5, 5.41) is 0. The fourth-order valence-electron chi connectivity index (χ4n) is 3.85. The maximum atomic E-state index is 5.66. The molecule has 0 N–H and O–H groups in total.